The van der Waals surface area contributed by atoms with Gasteiger partial charge in [-0.05, 0) is 38.1 Å². The molecule has 13 atom stereocenters. The van der Waals surface area contributed by atoms with Crippen LogP contribution < -0.4 is 0 Å². The molecule has 1 saturated heterocycles. The van der Waals surface area contributed by atoms with Crippen LogP contribution in [-0.2, 0) is 61.9 Å². The van der Waals surface area contributed by atoms with Crippen LogP contribution in [0.1, 0.15) is 87.7 Å². The zero-order valence-corrected chi connectivity index (χ0v) is 33.7. The van der Waals surface area contributed by atoms with Crippen molar-refractivity contribution >= 4 is 41.8 Å². The molecule has 2 aliphatic heterocycles. The predicted molar refractivity (Wildman–Crippen MR) is 196 cm³/mol. The molecule has 18 nitrogen and oxygen atoms in total. The van der Waals surface area contributed by atoms with Crippen LogP contribution in [0.25, 0.3) is 0 Å². The molecule has 2 aliphatic carbocycles. The normalized spacial score (nSPS) is 37.4. The fourth-order valence-electron chi connectivity index (χ4n) is 9.54. The first-order chi connectivity index (χ1) is 27.6. The summed E-state index contributed by atoms with van der Waals surface area (Å²) in [5.41, 5.74) is -10.2. The molecule has 2 saturated carbocycles. The number of hydrogen-bond acceptors (Lipinski definition) is 18. The number of carbonyl (C=O) groups is 7. The molecule has 2 unspecified atom stereocenters. The largest absolute Gasteiger partial charge is 0.465 e. The van der Waals surface area contributed by atoms with E-state index in [4.69, 9.17) is 37.9 Å². The van der Waals surface area contributed by atoms with Crippen molar-refractivity contribution in [2.45, 2.75) is 115 Å². The van der Waals surface area contributed by atoms with Crippen molar-refractivity contribution < 1.29 is 81.7 Å². The van der Waals surface area contributed by atoms with E-state index in [-0.39, 0.29) is 16.8 Å². The van der Waals surface area contributed by atoms with Crippen molar-refractivity contribution in [3.05, 3.63) is 65.5 Å². The highest BCUT2D eigenvalue weighted by Gasteiger charge is 2.91. The van der Waals surface area contributed by atoms with Gasteiger partial charge in [0.15, 0.2) is 17.8 Å². The number of carbonyl (C=O) groups excluding carboxylic acids is 7. The van der Waals surface area contributed by atoms with Crippen LogP contribution in [-0.4, -0.2) is 124 Å². The zero-order chi connectivity index (χ0) is 43.4. The van der Waals surface area contributed by atoms with Crippen LogP contribution in [0.2, 0.25) is 0 Å². The highest BCUT2D eigenvalue weighted by Crippen LogP contribution is 2.70. The molecule has 0 radical (unpaired) electrons. The van der Waals surface area contributed by atoms with Crippen LogP contribution >= 0.6 is 0 Å². The number of benzene rings is 1. The average Bonchev–Trinajstić information content (AvgIpc) is 3.40. The first kappa shape index (κ1) is 43.1. The number of aliphatic hydroxyl groups excluding tert-OH is 1. The van der Waals surface area contributed by atoms with Gasteiger partial charge in [-0.2, -0.15) is 0 Å². The van der Waals surface area contributed by atoms with Crippen molar-refractivity contribution in [3.8, 4) is 0 Å². The Morgan fingerprint density at radius 3 is 2.05 bits per heavy atom. The summed E-state index contributed by atoms with van der Waals surface area (Å²) in [6.45, 7) is 7.75. The van der Waals surface area contributed by atoms with Gasteiger partial charge < -0.3 is 48.1 Å². The van der Waals surface area contributed by atoms with Gasteiger partial charge in [0.1, 0.15) is 54.2 Å². The average molecular weight is 826 g/mol. The van der Waals surface area contributed by atoms with Crippen LogP contribution in [0.15, 0.2) is 48.7 Å². The first-order valence-corrected chi connectivity index (χ1v) is 19.0. The molecule has 2 N–H and O–H groups in total. The number of esters is 7. The van der Waals surface area contributed by atoms with E-state index < -0.39 is 132 Å². The monoisotopic (exact) mass is 825 g/mol. The molecule has 2 aromatic rings. The lowest BCUT2D eigenvalue weighted by molar-refractivity contribution is -0.386. The molecular formula is C41H47NO17. The summed E-state index contributed by atoms with van der Waals surface area (Å²) in [5, 5.41) is 25.9. The van der Waals surface area contributed by atoms with E-state index in [1.807, 2.05) is 0 Å². The lowest BCUT2D eigenvalue weighted by Gasteiger charge is -2.67. The maximum absolute atomic E-state index is 14.3. The second-order valence-electron chi connectivity index (χ2n) is 15.9. The van der Waals surface area contributed by atoms with Crippen LogP contribution in [0.5, 0.6) is 0 Å². The summed E-state index contributed by atoms with van der Waals surface area (Å²) in [6, 6.07) is 10.5. The smallest absolute Gasteiger partial charge is 0.340 e. The molecule has 3 heterocycles. The molecule has 4 aliphatic rings. The number of aromatic nitrogens is 1. The van der Waals surface area contributed by atoms with Crippen molar-refractivity contribution in [2.24, 2.45) is 17.3 Å². The van der Waals surface area contributed by atoms with E-state index in [1.165, 1.54) is 44.3 Å². The minimum Gasteiger partial charge on any atom is -0.465 e. The summed E-state index contributed by atoms with van der Waals surface area (Å²) in [6.07, 6.45) is -10.9. The number of cyclic esters (lactones) is 1. The van der Waals surface area contributed by atoms with Crippen molar-refractivity contribution in [1.29, 1.82) is 0 Å². The number of ether oxygens (including phenoxy) is 8. The van der Waals surface area contributed by atoms with E-state index in [9.17, 15) is 43.8 Å². The Labute approximate surface area is 338 Å². The van der Waals surface area contributed by atoms with Crippen molar-refractivity contribution in [1.82, 2.24) is 4.98 Å². The second-order valence-corrected chi connectivity index (χ2v) is 15.9. The Hall–Kier alpha value is -5.46. The van der Waals surface area contributed by atoms with E-state index in [0.29, 0.717) is 0 Å². The van der Waals surface area contributed by atoms with Gasteiger partial charge in [-0.3, -0.25) is 29.0 Å². The minimum atomic E-state index is -2.83. The van der Waals surface area contributed by atoms with Crippen LogP contribution in [0.3, 0.4) is 0 Å². The predicted octanol–water partition coefficient (Wildman–Crippen LogP) is 1.76. The molecule has 1 aromatic heterocycles. The molecule has 59 heavy (non-hydrogen) atoms. The van der Waals surface area contributed by atoms with E-state index >= 15 is 0 Å². The lowest BCUT2D eigenvalue weighted by atomic mass is 9.45. The molecule has 3 fully saturated rings. The topological polar surface area (TPSA) is 247 Å². The Morgan fingerprint density at radius 2 is 1.44 bits per heavy atom. The Balaban J connectivity index is 1.77. The van der Waals surface area contributed by atoms with E-state index in [0.717, 1.165) is 34.6 Å². The molecule has 18 heteroatoms. The maximum Gasteiger partial charge on any atom is 0.340 e. The molecule has 1 aromatic carbocycles. The molecule has 6 rings (SSSR count). The van der Waals surface area contributed by atoms with Gasteiger partial charge in [0.2, 0.25) is 0 Å². The maximum atomic E-state index is 14.3. The fourth-order valence-corrected chi connectivity index (χ4v) is 9.54. The Kier molecular flexibility index (Phi) is 11.4. The van der Waals surface area contributed by atoms with Gasteiger partial charge in [-0.1, -0.05) is 32.0 Å². The number of hydrogen-bond donors (Lipinski definition) is 2. The number of aliphatic hydroxyl groups is 2. The molecule has 4 bridgehead atoms. The fraction of sp³-hybridized carbons (Fsp3) is 0.561. The Morgan fingerprint density at radius 1 is 0.814 bits per heavy atom. The summed E-state index contributed by atoms with van der Waals surface area (Å²) in [7, 11) is 0. The highest BCUT2D eigenvalue weighted by molar-refractivity contribution is 5.91. The van der Waals surface area contributed by atoms with Crippen molar-refractivity contribution in [2.75, 3.05) is 13.2 Å². The molecule has 1 spiro atoms. The zero-order valence-electron chi connectivity index (χ0n) is 33.7. The van der Waals surface area contributed by atoms with Gasteiger partial charge in [0, 0.05) is 39.8 Å². The standard InChI is InChI=1S/C41H47NO17/c1-19-20(2)35(48)58-32-29(47)33(55-23(5)45)40(18-52-21(3)43)34(56-24(6)46)30(54-22(4)44)27-31(57-36(49)25-13-10-9-11-14-25)41(40,39(32,8)51)59-38(27,7)17-53-37(50)26-15-12-16-42-28(19)26/h9-16,19-20,27,29-34,47,51H,17-18H2,1-8H3/t19?,20?,27-,29+,30+,31+,32+,33-,34-,38+,39+,40+,41-/m0/s1. The number of fused-ring (bicyclic) bond motifs is 5. The SMILES string of the molecule is CC(=O)OC[C@]12[C@@H](OC(C)=O)[C@H](O)[C@H]3OC(=O)C(C)C(C)c4ncccc4C(=O)OC[C@@]4(C)O[C@@]1([C@H](OC(=O)c1ccccc1)[C@@H]4[C@@H](OC(C)=O)[C@@H]2OC(C)=O)[C@]3(C)O. The van der Waals surface area contributed by atoms with Crippen molar-refractivity contribution in [3.63, 3.8) is 0 Å². The van der Waals surface area contributed by atoms with Gasteiger partial charge in [-0.25, -0.2) is 9.59 Å². The van der Waals surface area contributed by atoms with Gasteiger partial charge in [0.05, 0.1) is 28.7 Å². The highest BCUT2D eigenvalue weighted by atomic mass is 16.7. The quantitative estimate of drug-likeness (QED) is 0.298. The van der Waals surface area contributed by atoms with Gasteiger partial charge in [-0.15, -0.1) is 0 Å². The molecule has 0 amide bonds. The Bertz CT molecular complexity index is 2040. The lowest BCUT2D eigenvalue weighted by Crippen LogP contribution is -2.89. The third-order valence-electron chi connectivity index (χ3n) is 12.1. The number of pyridine rings is 1. The minimum absolute atomic E-state index is 0.0130. The summed E-state index contributed by atoms with van der Waals surface area (Å²) in [5.74, 6) is -10.6. The van der Waals surface area contributed by atoms with E-state index in [2.05, 4.69) is 4.98 Å². The molecule has 318 valence electrons. The third-order valence-corrected chi connectivity index (χ3v) is 12.1. The molecular weight excluding hydrogens is 778 g/mol. The number of nitrogens with zero attached hydrogens (tertiary/aromatic N) is 1. The number of rotatable bonds is 7. The first-order valence-electron chi connectivity index (χ1n) is 19.0. The third kappa shape index (κ3) is 6.89. The van der Waals surface area contributed by atoms with Gasteiger partial charge >= 0.3 is 41.8 Å². The van der Waals surface area contributed by atoms with Crippen LogP contribution in [0, 0.1) is 17.3 Å². The summed E-state index contributed by atoms with van der Waals surface area (Å²) in [4.78, 5) is 99.4. The summed E-state index contributed by atoms with van der Waals surface area (Å²) >= 11 is 0. The summed E-state index contributed by atoms with van der Waals surface area (Å²) < 4.78 is 48.8. The second kappa shape index (κ2) is 15.6. The van der Waals surface area contributed by atoms with Gasteiger partial charge in [0.25, 0.3) is 0 Å². The van der Waals surface area contributed by atoms with Crippen LogP contribution in [0.4, 0.5) is 0 Å². The van der Waals surface area contributed by atoms with E-state index in [1.54, 1.807) is 25.1 Å².